The molecule has 108 valence electrons. The molecule has 3 rings (SSSR count). The third-order valence-electron chi connectivity index (χ3n) is 3.63. The zero-order valence-corrected chi connectivity index (χ0v) is 12.6. The Morgan fingerprint density at radius 3 is 2.75 bits per heavy atom. The Kier molecular flexibility index (Phi) is 3.46. The quantitative estimate of drug-likeness (QED) is 0.802. The molecule has 1 amide bonds. The number of halogens is 2. The number of carbonyl (C=O) groups is 1. The summed E-state index contributed by atoms with van der Waals surface area (Å²) in [6.45, 7) is 3.33. The third kappa shape index (κ3) is 2.54. The standard InChI is InChI=1S/C14H15Cl2NO3/c1-2-17(13(18)10-6-14(10,15)16)7-9-3-4-11-12(5-9)20-8-19-11/h3-5,10H,2,6-8H2,1H3. The van der Waals surface area contributed by atoms with E-state index in [0.717, 1.165) is 17.1 Å². The molecular formula is C14H15Cl2NO3. The fourth-order valence-corrected chi connectivity index (χ4v) is 2.80. The zero-order chi connectivity index (χ0) is 14.3. The number of hydrogen-bond donors (Lipinski definition) is 0. The van der Waals surface area contributed by atoms with Crippen molar-refractivity contribution < 1.29 is 14.3 Å². The lowest BCUT2D eigenvalue weighted by Gasteiger charge is -2.21. The molecule has 1 aliphatic heterocycles. The highest BCUT2D eigenvalue weighted by Crippen LogP contribution is 2.54. The smallest absolute Gasteiger partial charge is 0.231 e. The summed E-state index contributed by atoms with van der Waals surface area (Å²) in [7, 11) is 0. The van der Waals surface area contributed by atoms with Gasteiger partial charge < -0.3 is 14.4 Å². The minimum atomic E-state index is -0.876. The van der Waals surface area contributed by atoms with E-state index in [1.807, 2.05) is 25.1 Å². The second-order valence-corrected chi connectivity index (χ2v) is 6.60. The maximum atomic E-state index is 12.3. The number of ether oxygens (including phenoxy) is 2. The molecule has 2 aliphatic rings. The number of hydrogen-bond acceptors (Lipinski definition) is 3. The van der Waals surface area contributed by atoms with E-state index < -0.39 is 4.33 Å². The van der Waals surface area contributed by atoms with Gasteiger partial charge in [-0.05, 0) is 31.0 Å². The number of amides is 1. The van der Waals surface area contributed by atoms with Crippen LogP contribution < -0.4 is 9.47 Å². The van der Waals surface area contributed by atoms with Crippen LogP contribution in [0.4, 0.5) is 0 Å². The molecule has 1 unspecified atom stereocenters. The van der Waals surface area contributed by atoms with Gasteiger partial charge in [-0.15, -0.1) is 23.2 Å². The van der Waals surface area contributed by atoms with Crippen LogP contribution in [-0.4, -0.2) is 28.5 Å². The molecule has 1 aliphatic carbocycles. The molecule has 0 radical (unpaired) electrons. The summed E-state index contributed by atoms with van der Waals surface area (Å²) in [5.74, 6) is 1.20. The van der Waals surface area contributed by atoms with Gasteiger partial charge in [0.15, 0.2) is 11.5 Å². The first-order valence-electron chi connectivity index (χ1n) is 6.56. The highest BCUT2D eigenvalue weighted by molar-refractivity contribution is 6.52. The van der Waals surface area contributed by atoms with Crippen molar-refractivity contribution in [1.82, 2.24) is 4.90 Å². The SMILES string of the molecule is CCN(Cc1ccc2c(c1)OCO2)C(=O)C1CC1(Cl)Cl. The molecule has 0 bridgehead atoms. The fourth-order valence-electron chi connectivity index (χ4n) is 2.31. The maximum Gasteiger partial charge on any atom is 0.231 e. The van der Waals surface area contributed by atoms with Crippen LogP contribution in [0.15, 0.2) is 18.2 Å². The van der Waals surface area contributed by atoms with Crippen molar-refractivity contribution in [2.75, 3.05) is 13.3 Å². The van der Waals surface area contributed by atoms with Crippen LogP contribution in [0, 0.1) is 5.92 Å². The lowest BCUT2D eigenvalue weighted by atomic mass is 10.2. The number of rotatable bonds is 4. The van der Waals surface area contributed by atoms with Crippen LogP contribution in [0.1, 0.15) is 18.9 Å². The molecule has 1 aromatic carbocycles. The van der Waals surface area contributed by atoms with E-state index in [2.05, 4.69) is 0 Å². The molecule has 0 saturated heterocycles. The molecule has 1 heterocycles. The van der Waals surface area contributed by atoms with Gasteiger partial charge in [-0.2, -0.15) is 0 Å². The van der Waals surface area contributed by atoms with Crippen LogP contribution in [0.2, 0.25) is 0 Å². The second kappa shape index (κ2) is 5.01. The molecule has 1 aromatic rings. The topological polar surface area (TPSA) is 38.8 Å². The van der Waals surface area contributed by atoms with Gasteiger partial charge in [0, 0.05) is 13.1 Å². The van der Waals surface area contributed by atoms with Crippen molar-refractivity contribution in [3.05, 3.63) is 23.8 Å². The lowest BCUT2D eigenvalue weighted by Crippen LogP contribution is -2.32. The lowest BCUT2D eigenvalue weighted by molar-refractivity contribution is -0.133. The molecule has 0 N–H and O–H groups in total. The molecule has 0 aromatic heterocycles. The van der Waals surface area contributed by atoms with Gasteiger partial charge in [-0.25, -0.2) is 0 Å². The molecule has 1 fully saturated rings. The van der Waals surface area contributed by atoms with Crippen LogP contribution >= 0.6 is 23.2 Å². The Morgan fingerprint density at radius 2 is 2.10 bits per heavy atom. The van der Waals surface area contributed by atoms with E-state index in [4.69, 9.17) is 32.7 Å². The molecular weight excluding hydrogens is 301 g/mol. The van der Waals surface area contributed by atoms with Gasteiger partial charge in [0.2, 0.25) is 12.7 Å². The largest absolute Gasteiger partial charge is 0.454 e. The van der Waals surface area contributed by atoms with E-state index in [0.29, 0.717) is 19.5 Å². The fraction of sp³-hybridized carbons (Fsp3) is 0.500. The van der Waals surface area contributed by atoms with E-state index >= 15 is 0 Å². The van der Waals surface area contributed by atoms with E-state index in [1.54, 1.807) is 4.90 Å². The number of nitrogens with zero attached hydrogens (tertiary/aromatic N) is 1. The van der Waals surface area contributed by atoms with Gasteiger partial charge in [0.05, 0.1) is 5.92 Å². The monoisotopic (exact) mass is 315 g/mol. The van der Waals surface area contributed by atoms with Gasteiger partial charge in [-0.1, -0.05) is 6.07 Å². The second-order valence-electron chi connectivity index (χ2n) is 5.06. The Labute approximate surface area is 127 Å². The van der Waals surface area contributed by atoms with Crippen LogP contribution in [0.25, 0.3) is 0 Å². The maximum absolute atomic E-state index is 12.3. The number of benzene rings is 1. The predicted octanol–water partition coefficient (Wildman–Crippen LogP) is 2.96. The van der Waals surface area contributed by atoms with Crippen LogP contribution in [0.3, 0.4) is 0 Å². The van der Waals surface area contributed by atoms with Crippen molar-refractivity contribution in [3.63, 3.8) is 0 Å². The number of fused-ring (bicyclic) bond motifs is 1. The highest BCUT2D eigenvalue weighted by Gasteiger charge is 2.57. The molecule has 6 heteroatoms. The van der Waals surface area contributed by atoms with Crippen LogP contribution in [0.5, 0.6) is 11.5 Å². The van der Waals surface area contributed by atoms with Gasteiger partial charge >= 0.3 is 0 Å². The Bertz CT molecular complexity index is 547. The summed E-state index contributed by atoms with van der Waals surface area (Å²) < 4.78 is 9.73. The van der Waals surface area contributed by atoms with Crippen LogP contribution in [-0.2, 0) is 11.3 Å². The summed E-state index contributed by atoms with van der Waals surface area (Å²) >= 11 is 11.9. The summed E-state index contributed by atoms with van der Waals surface area (Å²) in [5, 5.41) is 0. The average Bonchev–Trinajstić information content (AvgIpc) is 2.86. The molecule has 1 saturated carbocycles. The average molecular weight is 316 g/mol. The van der Waals surface area contributed by atoms with E-state index in [1.165, 1.54) is 0 Å². The Hall–Kier alpha value is -1.13. The molecule has 1 atom stereocenters. The van der Waals surface area contributed by atoms with Crippen molar-refractivity contribution in [1.29, 1.82) is 0 Å². The first kappa shape index (κ1) is 13.8. The summed E-state index contributed by atoms with van der Waals surface area (Å²) in [5.41, 5.74) is 1.000. The first-order chi connectivity index (χ1) is 9.51. The molecule has 20 heavy (non-hydrogen) atoms. The van der Waals surface area contributed by atoms with Crippen molar-refractivity contribution in [2.45, 2.75) is 24.2 Å². The minimum absolute atomic E-state index is 0.00941. The van der Waals surface area contributed by atoms with Crippen molar-refractivity contribution in [3.8, 4) is 11.5 Å². The van der Waals surface area contributed by atoms with E-state index in [9.17, 15) is 4.79 Å². The predicted molar refractivity (Wildman–Crippen MR) is 76.2 cm³/mol. The van der Waals surface area contributed by atoms with Crippen molar-refractivity contribution >= 4 is 29.1 Å². The third-order valence-corrected chi connectivity index (χ3v) is 4.46. The zero-order valence-electron chi connectivity index (χ0n) is 11.1. The molecule has 4 nitrogen and oxygen atoms in total. The summed E-state index contributed by atoms with van der Waals surface area (Å²) in [4.78, 5) is 14.1. The first-order valence-corrected chi connectivity index (χ1v) is 7.32. The molecule has 0 spiro atoms. The van der Waals surface area contributed by atoms with Gasteiger partial charge in [-0.3, -0.25) is 4.79 Å². The van der Waals surface area contributed by atoms with Crippen molar-refractivity contribution in [2.24, 2.45) is 5.92 Å². The normalized spacial score (nSPS) is 21.6. The number of alkyl halides is 2. The number of carbonyl (C=O) groups excluding carboxylic acids is 1. The summed E-state index contributed by atoms with van der Waals surface area (Å²) in [6, 6.07) is 5.70. The minimum Gasteiger partial charge on any atom is -0.454 e. The highest BCUT2D eigenvalue weighted by atomic mass is 35.5. The Morgan fingerprint density at radius 1 is 1.40 bits per heavy atom. The Balaban J connectivity index is 1.70. The van der Waals surface area contributed by atoms with Gasteiger partial charge in [0.25, 0.3) is 0 Å². The van der Waals surface area contributed by atoms with Gasteiger partial charge in [0.1, 0.15) is 4.33 Å². The van der Waals surface area contributed by atoms with E-state index in [-0.39, 0.29) is 18.6 Å². The summed E-state index contributed by atoms with van der Waals surface area (Å²) in [6.07, 6.45) is 0.534.